The highest BCUT2D eigenvalue weighted by molar-refractivity contribution is 5.49. The molecule has 3 aliphatic carbocycles. The van der Waals surface area contributed by atoms with Crippen LogP contribution in [0.5, 0.6) is 0 Å². The third kappa shape index (κ3) is 1.20. The zero-order valence-corrected chi connectivity index (χ0v) is 10.9. The minimum absolute atomic E-state index is 0.396. The molecular formula is C14H24N2. The molecular weight excluding hydrogens is 196 g/mol. The first-order chi connectivity index (χ1) is 7.42. The second-order valence-electron chi connectivity index (χ2n) is 6.95. The summed E-state index contributed by atoms with van der Waals surface area (Å²) in [6.07, 6.45) is 2.56. The van der Waals surface area contributed by atoms with E-state index in [2.05, 4.69) is 33.1 Å². The summed E-state index contributed by atoms with van der Waals surface area (Å²) in [5.41, 5.74) is 10.6. The van der Waals surface area contributed by atoms with E-state index in [0.29, 0.717) is 16.9 Å². The summed E-state index contributed by atoms with van der Waals surface area (Å²) >= 11 is 0. The van der Waals surface area contributed by atoms with Crippen molar-refractivity contribution < 1.29 is 0 Å². The molecule has 2 nitrogen and oxygen atoms in total. The van der Waals surface area contributed by atoms with Crippen LogP contribution in [-0.4, -0.2) is 19.6 Å². The third-order valence-electron chi connectivity index (χ3n) is 5.40. The maximum atomic E-state index is 6.26. The number of nitrogens with one attached hydrogen (secondary N) is 1. The average molecular weight is 220 g/mol. The summed E-state index contributed by atoms with van der Waals surface area (Å²) in [6.45, 7) is 8.34. The molecule has 0 radical (unpaired) electrons. The van der Waals surface area contributed by atoms with Crippen molar-refractivity contribution in [2.45, 2.75) is 39.7 Å². The minimum Gasteiger partial charge on any atom is -0.327 e. The standard InChI is InChI=1S/C14H24N2/c1-13(2)6-10-12(15)14(10,3)5-8-9(7-16-4)11(8)13/h9-10,12,16H,5-7,15H2,1-4H3/t9-,10?,12?,14?/m1/s1. The molecule has 0 saturated heterocycles. The Balaban J connectivity index is 1.85. The summed E-state index contributed by atoms with van der Waals surface area (Å²) in [7, 11) is 2.06. The molecule has 0 aliphatic heterocycles. The van der Waals surface area contributed by atoms with Crippen LogP contribution in [0.25, 0.3) is 0 Å². The number of nitrogens with two attached hydrogens (primary N) is 1. The lowest BCUT2D eigenvalue weighted by molar-refractivity contribution is 0.341. The van der Waals surface area contributed by atoms with Gasteiger partial charge in [-0.15, -0.1) is 0 Å². The van der Waals surface area contributed by atoms with Crippen LogP contribution < -0.4 is 11.1 Å². The topological polar surface area (TPSA) is 38.0 Å². The van der Waals surface area contributed by atoms with E-state index in [-0.39, 0.29) is 0 Å². The summed E-state index contributed by atoms with van der Waals surface area (Å²) in [6, 6.07) is 0.455. The monoisotopic (exact) mass is 220 g/mol. The van der Waals surface area contributed by atoms with E-state index in [1.807, 2.05) is 0 Å². The van der Waals surface area contributed by atoms with Gasteiger partial charge in [0, 0.05) is 18.5 Å². The highest BCUT2D eigenvalue weighted by Crippen LogP contribution is 2.69. The molecule has 3 aliphatic rings. The van der Waals surface area contributed by atoms with E-state index in [1.54, 1.807) is 11.1 Å². The van der Waals surface area contributed by atoms with Gasteiger partial charge in [0.1, 0.15) is 0 Å². The normalized spacial score (nSPS) is 48.2. The molecule has 16 heavy (non-hydrogen) atoms. The van der Waals surface area contributed by atoms with Gasteiger partial charge in [-0.25, -0.2) is 0 Å². The fourth-order valence-electron chi connectivity index (χ4n) is 4.25. The van der Waals surface area contributed by atoms with Crippen molar-refractivity contribution in [1.82, 2.24) is 5.32 Å². The van der Waals surface area contributed by atoms with Gasteiger partial charge in [0.15, 0.2) is 0 Å². The Bertz CT molecular complexity index is 369. The van der Waals surface area contributed by atoms with Gasteiger partial charge in [-0.2, -0.15) is 0 Å². The van der Waals surface area contributed by atoms with Gasteiger partial charge >= 0.3 is 0 Å². The van der Waals surface area contributed by atoms with Crippen molar-refractivity contribution in [3.63, 3.8) is 0 Å². The summed E-state index contributed by atoms with van der Waals surface area (Å²) in [5, 5.41) is 3.32. The highest BCUT2D eigenvalue weighted by Gasteiger charge is 2.65. The fraction of sp³-hybridized carbons (Fsp3) is 0.857. The zero-order chi connectivity index (χ0) is 11.7. The molecule has 0 aromatic carbocycles. The van der Waals surface area contributed by atoms with Crippen LogP contribution in [-0.2, 0) is 0 Å². The van der Waals surface area contributed by atoms with Gasteiger partial charge < -0.3 is 11.1 Å². The minimum atomic E-state index is 0.396. The average Bonchev–Trinajstić information content (AvgIpc) is 2.99. The van der Waals surface area contributed by atoms with Crippen LogP contribution in [0.3, 0.4) is 0 Å². The van der Waals surface area contributed by atoms with Crippen LogP contribution in [0, 0.1) is 22.7 Å². The van der Waals surface area contributed by atoms with Gasteiger partial charge in [-0.05, 0) is 36.6 Å². The molecule has 0 bridgehead atoms. The molecule has 0 heterocycles. The van der Waals surface area contributed by atoms with E-state index in [9.17, 15) is 0 Å². The van der Waals surface area contributed by atoms with Crippen molar-refractivity contribution >= 4 is 0 Å². The van der Waals surface area contributed by atoms with Gasteiger partial charge in [0.2, 0.25) is 0 Å². The Kier molecular flexibility index (Phi) is 1.96. The zero-order valence-electron chi connectivity index (χ0n) is 10.9. The smallest absolute Gasteiger partial charge is 0.0143 e. The van der Waals surface area contributed by atoms with Gasteiger partial charge in [-0.3, -0.25) is 0 Å². The molecule has 3 unspecified atom stereocenters. The molecule has 3 N–H and O–H groups in total. The SMILES string of the molecule is CNC[C@@H]1C2=C1C(C)(C)CC1C(N)C1(C)C2. The number of fused-ring (bicyclic) bond motifs is 1. The maximum Gasteiger partial charge on any atom is 0.0143 e. The molecule has 90 valence electrons. The lowest BCUT2D eigenvalue weighted by Crippen LogP contribution is -2.20. The first kappa shape index (κ1) is 10.8. The number of hydrogen-bond acceptors (Lipinski definition) is 2. The number of hydrogen-bond donors (Lipinski definition) is 2. The Morgan fingerprint density at radius 2 is 2.06 bits per heavy atom. The Morgan fingerprint density at radius 1 is 1.38 bits per heavy atom. The molecule has 0 amide bonds. The molecule has 0 aromatic heterocycles. The highest BCUT2D eigenvalue weighted by atomic mass is 14.9. The lowest BCUT2D eigenvalue weighted by Gasteiger charge is -2.24. The van der Waals surface area contributed by atoms with Crippen molar-refractivity contribution in [2.75, 3.05) is 13.6 Å². The quantitative estimate of drug-likeness (QED) is 0.698. The van der Waals surface area contributed by atoms with Crippen LogP contribution >= 0.6 is 0 Å². The van der Waals surface area contributed by atoms with Crippen molar-refractivity contribution in [3.8, 4) is 0 Å². The van der Waals surface area contributed by atoms with Gasteiger partial charge in [-0.1, -0.05) is 31.9 Å². The molecule has 2 heteroatoms. The summed E-state index contributed by atoms with van der Waals surface area (Å²) < 4.78 is 0. The van der Waals surface area contributed by atoms with E-state index in [4.69, 9.17) is 5.73 Å². The van der Waals surface area contributed by atoms with Gasteiger partial charge in [0.05, 0.1) is 0 Å². The van der Waals surface area contributed by atoms with Crippen molar-refractivity contribution in [3.05, 3.63) is 11.1 Å². The maximum absolute atomic E-state index is 6.26. The second-order valence-corrected chi connectivity index (χ2v) is 6.95. The van der Waals surface area contributed by atoms with Crippen LogP contribution in [0.1, 0.15) is 33.6 Å². The van der Waals surface area contributed by atoms with E-state index < -0.39 is 0 Å². The van der Waals surface area contributed by atoms with Crippen LogP contribution in [0.15, 0.2) is 11.1 Å². The molecule has 3 rings (SSSR count). The van der Waals surface area contributed by atoms with E-state index in [0.717, 1.165) is 18.4 Å². The van der Waals surface area contributed by atoms with Crippen molar-refractivity contribution in [2.24, 2.45) is 28.4 Å². The first-order valence-corrected chi connectivity index (χ1v) is 6.55. The predicted molar refractivity (Wildman–Crippen MR) is 67.0 cm³/mol. The van der Waals surface area contributed by atoms with Gasteiger partial charge in [0.25, 0.3) is 0 Å². The third-order valence-corrected chi connectivity index (χ3v) is 5.40. The summed E-state index contributed by atoms with van der Waals surface area (Å²) in [5.74, 6) is 1.52. The van der Waals surface area contributed by atoms with Crippen molar-refractivity contribution in [1.29, 1.82) is 0 Å². The molecule has 4 atom stereocenters. The second kappa shape index (κ2) is 2.91. The predicted octanol–water partition coefficient (Wildman–Crippen LogP) is 1.92. The Hall–Kier alpha value is -0.340. The number of rotatable bonds is 2. The molecule has 1 saturated carbocycles. The van der Waals surface area contributed by atoms with Crippen LogP contribution in [0.4, 0.5) is 0 Å². The van der Waals surface area contributed by atoms with E-state index in [1.165, 1.54) is 12.8 Å². The largest absolute Gasteiger partial charge is 0.327 e. The van der Waals surface area contributed by atoms with E-state index >= 15 is 0 Å². The molecule has 1 fully saturated rings. The molecule has 0 aromatic rings. The Morgan fingerprint density at radius 3 is 2.69 bits per heavy atom. The summed E-state index contributed by atoms with van der Waals surface area (Å²) in [4.78, 5) is 0. The lowest BCUT2D eigenvalue weighted by atomic mass is 9.81. The first-order valence-electron chi connectivity index (χ1n) is 6.55. The Labute approximate surface area is 98.7 Å². The van der Waals surface area contributed by atoms with Crippen LogP contribution in [0.2, 0.25) is 0 Å². The fourth-order valence-corrected chi connectivity index (χ4v) is 4.25. The molecule has 0 spiro atoms.